The Balaban J connectivity index is 1.99. The fourth-order valence-corrected chi connectivity index (χ4v) is 2.71. The second kappa shape index (κ2) is 5.14. The molecular formula is C12H20N2O4. The van der Waals surface area contributed by atoms with Crippen LogP contribution in [0.1, 0.15) is 20.3 Å². The van der Waals surface area contributed by atoms with Crippen LogP contribution in [0.4, 0.5) is 4.79 Å². The van der Waals surface area contributed by atoms with Crippen LogP contribution in [0.3, 0.4) is 0 Å². The minimum Gasteiger partial charge on any atom is -0.481 e. The van der Waals surface area contributed by atoms with Gasteiger partial charge in [-0.15, -0.1) is 0 Å². The number of likely N-dealkylation sites (tertiary alicyclic amines) is 1. The lowest BCUT2D eigenvalue weighted by Crippen LogP contribution is -2.51. The van der Waals surface area contributed by atoms with Crippen LogP contribution in [0.5, 0.6) is 0 Å². The molecule has 6 heteroatoms. The van der Waals surface area contributed by atoms with Gasteiger partial charge in [-0.1, -0.05) is 0 Å². The Morgan fingerprint density at radius 2 is 2.00 bits per heavy atom. The average molecular weight is 256 g/mol. The van der Waals surface area contributed by atoms with Crippen molar-refractivity contribution in [3.05, 3.63) is 0 Å². The van der Waals surface area contributed by atoms with Gasteiger partial charge in [0.2, 0.25) is 0 Å². The summed E-state index contributed by atoms with van der Waals surface area (Å²) in [4.78, 5) is 26.8. The van der Waals surface area contributed by atoms with E-state index in [0.29, 0.717) is 32.7 Å². The van der Waals surface area contributed by atoms with Gasteiger partial charge in [0.05, 0.1) is 18.6 Å². The monoisotopic (exact) mass is 256 g/mol. The van der Waals surface area contributed by atoms with Crippen molar-refractivity contribution in [2.45, 2.75) is 32.4 Å². The van der Waals surface area contributed by atoms with Crippen molar-refractivity contribution < 1.29 is 19.4 Å². The molecule has 2 saturated heterocycles. The molecule has 1 N–H and O–H groups in total. The molecule has 3 atom stereocenters. The largest absolute Gasteiger partial charge is 0.481 e. The molecule has 6 nitrogen and oxygen atoms in total. The fourth-order valence-electron chi connectivity index (χ4n) is 2.71. The van der Waals surface area contributed by atoms with Gasteiger partial charge >= 0.3 is 12.0 Å². The van der Waals surface area contributed by atoms with E-state index in [4.69, 9.17) is 9.84 Å². The van der Waals surface area contributed by atoms with Crippen molar-refractivity contribution in [1.82, 2.24) is 9.80 Å². The average Bonchev–Trinajstić information content (AvgIpc) is 2.70. The SMILES string of the molecule is CC1CN(C(=O)N2CCC(C(=O)O)C2C)CCO1. The van der Waals surface area contributed by atoms with Crippen molar-refractivity contribution in [1.29, 1.82) is 0 Å². The van der Waals surface area contributed by atoms with Crippen LogP contribution in [0.15, 0.2) is 0 Å². The molecule has 18 heavy (non-hydrogen) atoms. The van der Waals surface area contributed by atoms with E-state index in [9.17, 15) is 9.59 Å². The van der Waals surface area contributed by atoms with Gasteiger partial charge in [-0.2, -0.15) is 0 Å². The first-order valence-electron chi connectivity index (χ1n) is 6.40. The summed E-state index contributed by atoms with van der Waals surface area (Å²) in [6.45, 7) is 6.00. The third-order valence-electron chi connectivity index (χ3n) is 3.83. The van der Waals surface area contributed by atoms with E-state index >= 15 is 0 Å². The third kappa shape index (κ3) is 2.43. The normalized spacial score (nSPS) is 32.7. The fraction of sp³-hybridized carbons (Fsp3) is 0.833. The highest BCUT2D eigenvalue weighted by atomic mass is 16.5. The van der Waals surface area contributed by atoms with E-state index in [1.54, 1.807) is 9.80 Å². The van der Waals surface area contributed by atoms with Crippen LogP contribution in [0.25, 0.3) is 0 Å². The Bertz CT molecular complexity index is 347. The number of hydrogen-bond acceptors (Lipinski definition) is 3. The van der Waals surface area contributed by atoms with Gasteiger partial charge in [-0.25, -0.2) is 4.79 Å². The molecule has 0 aliphatic carbocycles. The van der Waals surface area contributed by atoms with Gasteiger partial charge < -0.3 is 19.6 Å². The Kier molecular flexibility index (Phi) is 3.75. The Hall–Kier alpha value is -1.30. The predicted molar refractivity (Wildman–Crippen MR) is 64.3 cm³/mol. The topological polar surface area (TPSA) is 70.1 Å². The second-order valence-corrected chi connectivity index (χ2v) is 5.08. The van der Waals surface area contributed by atoms with Crippen LogP contribution >= 0.6 is 0 Å². The van der Waals surface area contributed by atoms with E-state index in [-0.39, 0.29) is 18.2 Å². The summed E-state index contributed by atoms with van der Waals surface area (Å²) in [6, 6.07) is -0.283. The number of morpholine rings is 1. The Morgan fingerprint density at radius 1 is 1.28 bits per heavy atom. The first kappa shape index (κ1) is 13.1. The molecule has 2 rings (SSSR count). The lowest BCUT2D eigenvalue weighted by atomic mass is 10.0. The molecule has 102 valence electrons. The highest BCUT2D eigenvalue weighted by Gasteiger charge is 2.40. The molecule has 2 aliphatic heterocycles. The number of nitrogens with zero attached hydrogens (tertiary/aromatic N) is 2. The Labute approximate surface area is 106 Å². The van der Waals surface area contributed by atoms with Crippen LogP contribution < -0.4 is 0 Å². The number of carbonyl (C=O) groups is 2. The lowest BCUT2D eigenvalue weighted by Gasteiger charge is -2.35. The number of aliphatic carboxylic acids is 1. The van der Waals surface area contributed by atoms with E-state index in [1.165, 1.54) is 0 Å². The van der Waals surface area contributed by atoms with Crippen LogP contribution in [-0.2, 0) is 9.53 Å². The quantitative estimate of drug-likeness (QED) is 0.746. The van der Waals surface area contributed by atoms with Crippen LogP contribution in [0, 0.1) is 5.92 Å². The Morgan fingerprint density at radius 3 is 2.56 bits per heavy atom. The van der Waals surface area contributed by atoms with E-state index in [2.05, 4.69) is 0 Å². The highest BCUT2D eigenvalue weighted by Crippen LogP contribution is 2.25. The number of hydrogen-bond donors (Lipinski definition) is 1. The maximum absolute atomic E-state index is 12.3. The van der Waals surface area contributed by atoms with Gasteiger partial charge in [0.25, 0.3) is 0 Å². The van der Waals surface area contributed by atoms with E-state index in [0.717, 1.165) is 0 Å². The van der Waals surface area contributed by atoms with Gasteiger partial charge in [0, 0.05) is 25.7 Å². The van der Waals surface area contributed by atoms with Gasteiger partial charge in [0.1, 0.15) is 0 Å². The number of carboxylic acids is 1. The molecule has 0 aromatic carbocycles. The van der Waals surface area contributed by atoms with Crippen LogP contribution in [0.2, 0.25) is 0 Å². The standard InChI is InChI=1S/C12H20N2O4/c1-8-7-13(5-6-18-8)12(17)14-4-3-10(9(14)2)11(15)16/h8-10H,3-7H2,1-2H3,(H,15,16). The number of rotatable bonds is 1. The number of carboxylic acid groups (broad SMARTS) is 1. The third-order valence-corrected chi connectivity index (χ3v) is 3.83. The van der Waals surface area contributed by atoms with Crippen molar-refractivity contribution in [2.75, 3.05) is 26.2 Å². The predicted octanol–water partition coefficient (Wildman–Crippen LogP) is 0.622. The molecule has 2 aliphatic rings. The van der Waals surface area contributed by atoms with Gasteiger partial charge in [-0.3, -0.25) is 4.79 Å². The maximum Gasteiger partial charge on any atom is 0.320 e. The zero-order valence-corrected chi connectivity index (χ0v) is 10.8. The molecule has 0 bridgehead atoms. The molecule has 2 amide bonds. The maximum atomic E-state index is 12.3. The number of urea groups is 1. The zero-order valence-electron chi connectivity index (χ0n) is 10.8. The smallest absolute Gasteiger partial charge is 0.320 e. The van der Waals surface area contributed by atoms with Crippen molar-refractivity contribution in [3.8, 4) is 0 Å². The minimum absolute atomic E-state index is 0.0517. The van der Waals surface area contributed by atoms with Crippen molar-refractivity contribution >= 4 is 12.0 Å². The summed E-state index contributed by atoms with van der Waals surface area (Å²) in [5.74, 6) is -1.25. The second-order valence-electron chi connectivity index (χ2n) is 5.08. The summed E-state index contributed by atoms with van der Waals surface area (Å²) < 4.78 is 5.40. The molecule has 3 unspecified atom stereocenters. The molecule has 0 spiro atoms. The molecule has 0 radical (unpaired) electrons. The molecule has 0 aromatic rings. The highest BCUT2D eigenvalue weighted by molar-refractivity contribution is 5.78. The van der Waals surface area contributed by atoms with Crippen molar-refractivity contribution in [2.24, 2.45) is 5.92 Å². The molecule has 0 aromatic heterocycles. The molecule has 0 saturated carbocycles. The number of carbonyl (C=O) groups excluding carboxylic acids is 1. The molecular weight excluding hydrogens is 236 g/mol. The summed E-state index contributed by atoms with van der Waals surface area (Å²) in [6.07, 6.45) is 0.596. The number of amides is 2. The lowest BCUT2D eigenvalue weighted by molar-refractivity contribution is -0.142. The minimum atomic E-state index is -0.812. The van der Waals surface area contributed by atoms with E-state index < -0.39 is 11.9 Å². The summed E-state index contributed by atoms with van der Waals surface area (Å²) in [5.41, 5.74) is 0. The van der Waals surface area contributed by atoms with Crippen LogP contribution in [-0.4, -0.2) is 65.3 Å². The van der Waals surface area contributed by atoms with Gasteiger partial charge in [-0.05, 0) is 20.3 Å². The number of ether oxygens (including phenoxy) is 1. The molecule has 2 fully saturated rings. The summed E-state index contributed by atoms with van der Waals surface area (Å²) in [7, 11) is 0. The first-order valence-corrected chi connectivity index (χ1v) is 6.40. The zero-order chi connectivity index (χ0) is 13.3. The molecule has 2 heterocycles. The summed E-state index contributed by atoms with van der Waals surface area (Å²) >= 11 is 0. The van der Waals surface area contributed by atoms with Gasteiger partial charge in [0.15, 0.2) is 0 Å². The summed E-state index contributed by atoms with van der Waals surface area (Å²) in [5, 5.41) is 9.06. The van der Waals surface area contributed by atoms with E-state index in [1.807, 2.05) is 13.8 Å². The van der Waals surface area contributed by atoms with Crippen molar-refractivity contribution in [3.63, 3.8) is 0 Å². The first-order chi connectivity index (χ1) is 8.50.